The van der Waals surface area contributed by atoms with Gasteiger partial charge in [-0.2, -0.15) is 0 Å². The topological polar surface area (TPSA) is 42.6 Å². The third-order valence-corrected chi connectivity index (χ3v) is 3.84. The first-order valence-electron chi connectivity index (χ1n) is 7.50. The molecule has 22 heavy (non-hydrogen) atoms. The van der Waals surface area contributed by atoms with E-state index in [1.807, 2.05) is 12.1 Å². The number of furan rings is 1. The third kappa shape index (κ3) is 3.38. The molecule has 3 heteroatoms. The van der Waals surface area contributed by atoms with Gasteiger partial charge in [-0.25, -0.2) is 0 Å². The number of hydrogen-bond donors (Lipinski definition) is 1. The van der Waals surface area contributed by atoms with Gasteiger partial charge in [0.05, 0.1) is 19.5 Å². The second kappa shape index (κ2) is 6.77. The third-order valence-electron chi connectivity index (χ3n) is 3.84. The first kappa shape index (κ1) is 14.8. The number of aliphatic hydroxyl groups is 1. The molecule has 1 aromatic carbocycles. The van der Waals surface area contributed by atoms with Crippen LogP contribution in [-0.2, 0) is 11.3 Å². The molecule has 0 spiro atoms. The summed E-state index contributed by atoms with van der Waals surface area (Å²) in [5.74, 6) is 0.573. The summed E-state index contributed by atoms with van der Waals surface area (Å²) >= 11 is 0. The second-order valence-electron chi connectivity index (χ2n) is 5.52. The van der Waals surface area contributed by atoms with Crippen LogP contribution in [0, 0.1) is 0 Å². The Morgan fingerprint density at radius 1 is 1.27 bits per heavy atom. The van der Waals surface area contributed by atoms with Crippen LogP contribution in [0.5, 0.6) is 0 Å². The van der Waals surface area contributed by atoms with Gasteiger partial charge in [-0.05, 0) is 35.3 Å². The molecule has 1 aliphatic heterocycles. The average Bonchev–Trinajstić information content (AvgIpc) is 2.98. The number of ether oxygens (including phenoxy) is 1. The number of fused-ring (bicyclic) bond motifs is 1. The van der Waals surface area contributed by atoms with E-state index in [0.29, 0.717) is 25.4 Å². The van der Waals surface area contributed by atoms with Crippen molar-refractivity contribution in [3.05, 3.63) is 77.8 Å². The number of aliphatic hydroxyl groups excluding tert-OH is 1. The van der Waals surface area contributed by atoms with Crippen LogP contribution in [-0.4, -0.2) is 11.7 Å². The monoisotopic (exact) mass is 296 g/mol. The Labute approximate surface area is 130 Å². The molecule has 0 saturated carbocycles. The Morgan fingerprint density at radius 3 is 2.95 bits per heavy atom. The van der Waals surface area contributed by atoms with Gasteiger partial charge in [0.25, 0.3) is 0 Å². The summed E-state index contributed by atoms with van der Waals surface area (Å²) in [6, 6.07) is 11.8. The highest BCUT2D eigenvalue weighted by Crippen LogP contribution is 2.29. The van der Waals surface area contributed by atoms with Gasteiger partial charge in [-0.3, -0.25) is 0 Å². The lowest BCUT2D eigenvalue weighted by Crippen LogP contribution is -1.97. The molecular weight excluding hydrogens is 276 g/mol. The fraction of sp³-hybridized carbons (Fsp3) is 0.263. The molecule has 0 aliphatic carbocycles. The average molecular weight is 296 g/mol. The zero-order valence-electron chi connectivity index (χ0n) is 12.5. The van der Waals surface area contributed by atoms with Gasteiger partial charge in [0.15, 0.2) is 0 Å². The van der Waals surface area contributed by atoms with Crippen molar-refractivity contribution < 1.29 is 14.3 Å². The zero-order valence-corrected chi connectivity index (χ0v) is 12.5. The largest absolute Gasteiger partial charge is 0.467 e. The van der Waals surface area contributed by atoms with Crippen LogP contribution >= 0.6 is 0 Å². The van der Waals surface area contributed by atoms with Crippen molar-refractivity contribution >= 4 is 5.57 Å². The molecule has 1 aromatic heterocycles. The summed E-state index contributed by atoms with van der Waals surface area (Å²) in [7, 11) is 0. The summed E-state index contributed by atoms with van der Waals surface area (Å²) in [4.78, 5) is 0. The van der Waals surface area contributed by atoms with Crippen LogP contribution in [0.25, 0.3) is 5.57 Å². The van der Waals surface area contributed by atoms with Crippen molar-refractivity contribution in [3.8, 4) is 0 Å². The van der Waals surface area contributed by atoms with E-state index in [-0.39, 0.29) is 0 Å². The minimum absolute atomic E-state index is 0.458. The van der Waals surface area contributed by atoms with E-state index in [9.17, 15) is 5.11 Å². The quantitative estimate of drug-likeness (QED) is 0.916. The molecule has 0 fully saturated rings. The Balaban J connectivity index is 1.78. The summed E-state index contributed by atoms with van der Waals surface area (Å²) in [5.41, 5.74) is 4.51. The van der Waals surface area contributed by atoms with Crippen molar-refractivity contribution in [1.29, 1.82) is 0 Å². The maximum Gasteiger partial charge on any atom is 0.132 e. The van der Waals surface area contributed by atoms with Crippen LogP contribution in [0.3, 0.4) is 0 Å². The minimum atomic E-state index is -0.656. The van der Waals surface area contributed by atoms with Gasteiger partial charge in [-0.1, -0.05) is 42.5 Å². The molecule has 0 bridgehead atoms. The van der Waals surface area contributed by atoms with Gasteiger partial charge >= 0.3 is 0 Å². The molecule has 1 aliphatic rings. The van der Waals surface area contributed by atoms with E-state index in [1.54, 1.807) is 18.4 Å². The highest BCUT2D eigenvalue weighted by molar-refractivity contribution is 5.71. The molecule has 3 rings (SSSR count). The number of rotatable bonds is 4. The van der Waals surface area contributed by atoms with Crippen LogP contribution < -0.4 is 0 Å². The van der Waals surface area contributed by atoms with Crippen LogP contribution in [0.2, 0.25) is 0 Å². The van der Waals surface area contributed by atoms with Crippen LogP contribution in [0.4, 0.5) is 0 Å². The summed E-state index contributed by atoms with van der Waals surface area (Å²) < 4.78 is 10.9. The molecule has 114 valence electrons. The Kier molecular flexibility index (Phi) is 4.56. The predicted octanol–water partition coefficient (Wildman–Crippen LogP) is 4.26. The van der Waals surface area contributed by atoms with E-state index in [4.69, 9.17) is 9.15 Å². The fourth-order valence-electron chi connectivity index (χ4n) is 2.74. The molecule has 0 radical (unpaired) electrons. The van der Waals surface area contributed by atoms with Crippen LogP contribution in [0.1, 0.15) is 35.8 Å². The Hall–Kier alpha value is -2.10. The fourth-order valence-corrected chi connectivity index (χ4v) is 2.74. The molecule has 1 unspecified atom stereocenters. The lowest BCUT2D eigenvalue weighted by molar-refractivity contribution is 0.130. The Bertz CT molecular complexity index is 668. The van der Waals surface area contributed by atoms with E-state index in [1.165, 1.54) is 16.7 Å². The van der Waals surface area contributed by atoms with Crippen molar-refractivity contribution in [2.75, 3.05) is 6.61 Å². The summed E-state index contributed by atoms with van der Waals surface area (Å²) in [6.45, 7) is 5.43. The maximum atomic E-state index is 10.2. The first-order chi connectivity index (χ1) is 10.7. The number of allylic oxidation sites excluding steroid dienone is 1. The predicted molar refractivity (Wildman–Crippen MR) is 86.1 cm³/mol. The highest BCUT2D eigenvalue weighted by Gasteiger charge is 2.14. The maximum absolute atomic E-state index is 10.2. The number of hydrogen-bond acceptors (Lipinski definition) is 3. The summed E-state index contributed by atoms with van der Waals surface area (Å²) in [6.07, 6.45) is 4.29. The number of benzene rings is 1. The van der Waals surface area contributed by atoms with E-state index in [2.05, 4.69) is 24.8 Å². The minimum Gasteiger partial charge on any atom is -0.467 e. The zero-order chi connectivity index (χ0) is 15.4. The first-order valence-corrected chi connectivity index (χ1v) is 7.50. The second-order valence-corrected chi connectivity index (χ2v) is 5.52. The highest BCUT2D eigenvalue weighted by atomic mass is 16.5. The van der Waals surface area contributed by atoms with Crippen LogP contribution in [0.15, 0.2) is 65.3 Å². The lowest BCUT2D eigenvalue weighted by Gasteiger charge is -2.11. The molecule has 0 amide bonds. The van der Waals surface area contributed by atoms with Crippen molar-refractivity contribution in [1.82, 2.24) is 0 Å². The van der Waals surface area contributed by atoms with Gasteiger partial charge in [-0.15, -0.1) is 0 Å². The molecule has 2 aromatic rings. The van der Waals surface area contributed by atoms with E-state index >= 15 is 0 Å². The molecule has 3 nitrogen and oxygen atoms in total. The smallest absolute Gasteiger partial charge is 0.132 e. The Morgan fingerprint density at radius 2 is 2.14 bits per heavy atom. The van der Waals surface area contributed by atoms with Gasteiger partial charge < -0.3 is 14.3 Å². The standard InChI is InChI=1S/C19H20O3/c1-14(12-18(20)19-7-4-9-22-19)11-15-8-10-21-13-16-5-2-3-6-17(15)16/h2-7,9,11,18,20H,1,8,10,12-13H2/b15-11-. The SMILES string of the molecule is C=C(/C=C1/CCOCc2ccccc21)CC(O)c1ccco1. The van der Waals surface area contributed by atoms with Gasteiger partial charge in [0, 0.05) is 6.42 Å². The lowest BCUT2D eigenvalue weighted by atomic mass is 9.95. The summed E-state index contributed by atoms with van der Waals surface area (Å²) in [5, 5.41) is 10.2. The van der Waals surface area contributed by atoms with Crippen molar-refractivity contribution in [2.45, 2.75) is 25.6 Å². The van der Waals surface area contributed by atoms with Crippen molar-refractivity contribution in [2.24, 2.45) is 0 Å². The molecule has 1 atom stereocenters. The molecule has 1 N–H and O–H groups in total. The molecule has 0 saturated heterocycles. The van der Waals surface area contributed by atoms with E-state index < -0.39 is 6.10 Å². The van der Waals surface area contributed by atoms with Gasteiger partial charge in [0.2, 0.25) is 0 Å². The van der Waals surface area contributed by atoms with E-state index in [0.717, 1.165) is 12.0 Å². The normalized spacial score (nSPS) is 17.8. The van der Waals surface area contributed by atoms with Gasteiger partial charge in [0.1, 0.15) is 11.9 Å². The molecule has 2 heterocycles. The molecular formula is C19H20O3. The van der Waals surface area contributed by atoms with Crippen molar-refractivity contribution in [3.63, 3.8) is 0 Å².